The topological polar surface area (TPSA) is 86.3 Å². The maximum Gasteiger partial charge on any atom is 0.387 e. The van der Waals surface area contributed by atoms with Crippen LogP contribution in [0, 0.1) is 0 Å². The number of alkyl halides is 2. The lowest BCUT2D eigenvalue weighted by Crippen LogP contribution is -2.17. The van der Waals surface area contributed by atoms with Gasteiger partial charge in [0, 0.05) is 25.6 Å². The van der Waals surface area contributed by atoms with E-state index < -0.39 is 18.4 Å². The van der Waals surface area contributed by atoms with Crippen LogP contribution in [0.4, 0.5) is 14.5 Å². The van der Waals surface area contributed by atoms with Crippen LogP contribution in [0.5, 0.6) is 0 Å². The summed E-state index contributed by atoms with van der Waals surface area (Å²) in [5.74, 6) is -0.935. The number of fused-ring (bicyclic) bond motifs is 1. The number of nitrogens with zero attached hydrogens (tertiary/aromatic N) is 5. The Hall–Kier alpha value is -3.08. The predicted molar refractivity (Wildman–Crippen MR) is 104 cm³/mol. The molecule has 11 heteroatoms. The number of anilines is 1. The standard InChI is InChI=1S/C18H15BrF2N6O2/c1-26-9-13(24-17(28)12-8-23-27-6-2-5-22-16(12)27)15(25-26)11-7-10(19)3-4-14(11)29-18(20)21/h2-6,8-9,11,18H,7H2,1H3,(H,24,28). The molecule has 3 aromatic heterocycles. The fourth-order valence-electron chi connectivity index (χ4n) is 3.14. The van der Waals surface area contributed by atoms with Gasteiger partial charge in [-0.3, -0.25) is 9.48 Å². The van der Waals surface area contributed by atoms with E-state index in [1.807, 2.05) is 0 Å². The highest BCUT2D eigenvalue weighted by molar-refractivity contribution is 9.11. The summed E-state index contributed by atoms with van der Waals surface area (Å²) >= 11 is 3.39. The van der Waals surface area contributed by atoms with E-state index in [9.17, 15) is 13.6 Å². The first-order chi connectivity index (χ1) is 13.9. The number of nitrogens with one attached hydrogen (secondary N) is 1. The van der Waals surface area contributed by atoms with E-state index >= 15 is 0 Å². The van der Waals surface area contributed by atoms with Crippen molar-refractivity contribution >= 4 is 33.2 Å². The van der Waals surface area contributed by atoms with Gasteiger partial charge in [-0.05, 0) is 29.1 Å². The smallest absolute Gasteiger partial charge is 0.387 e. The Morgan fingerprint density at radius 2 is 2.24 bits per heavy atom. The molecule has 3 heterocycles. The molecular weight excluding hydrogens is 450 g/mol. The molecule has 4 rings (SSSR count). The zero-order valence-corrected chi connectivity index (χ0v) is 16.7. The summed E-state index contributed by atoms with van der Waals surface area (Å²) in [4.78, 5) is 17.0. The molecule has 0 saturated heterocycles. The van der Waals surface area contributed by atoms with Crippen LogP contribution < -0.4 is 5.32 Å². The Balaban J connectivity index is 1.65. The molecule has 3 aromatic rings. The Labute approximate surface area is 172 Å². The first kappa shape index (κ1) is 19.2. The molecule has 1 atom stereocenters. The zero-order chi connectivity index (χ0) is 20.5. The lowest BCUT2D eigenvalue weighted by molar-refractivity contribution is -0.101. The van der Waals surface area contributed by atoms with Gasteiger partial charge in [0.15, 0.2) is 5.65 Å². The minimum Gasteiger partial charge on any atom is -0.439 e. The number of carbonyl (C=O) groups is 1. The summed E-state index contributed by atoms with van der Waals surface area (Å²) < 4.78 is 34.2. The van der Waals surface area contributed by atoms with Crippen molar-refractivity contribution < 1.29 is 18.3 Å². The van der Waals surface area contributed by atoms with Crippen molar-refractivity contribution in [2.45, 2.75) is 19.0 Å². The third-order valence-corrected chi connectivity index (χ3v) is 4.94. The fraction of sp³-hybridized carbons (Fsp3) is 0.222. The fourth-order valence-corrected chi connectivity index (χ4v) is 3.60. The Morgan fingerprint density at radius 3 is 3.03 bits per heavy atom. The SMILES string of the molecule is Cn1cc(NC(=O)c2cnn3cccnc23)c(C2CC(Br)=CC=C2OC(F)F)n1. The van der Waals surface area contributed by atoms with Crippen LogP contribution in [0.3, 0.4) is 0 Å². The minimum atomic E-state index is -2.96. The van der Waals surface area contributed by atoms with E-state index in [0.717, 1.165) is 4.48 Å². The summed E-state index contributed by atoms with van der Waals surface area (Å²) in [6.45, 7) is -2.96. The molecule has 0 aliphatic heterocycles. The monoisotopic (exact) mass is 464 g/mol. The largest absolute Gasteiger partial charge is 0.439 e. The van der Waals surface area contributed by atoms with Gasteiger partial charge in [0.05, 0.1) is 23.5 Å². The van der Waals surface area contributed by atoms with Crippen molar-refractivity contribution in [1.29, 1.82) is 0 Å². The zero-order valence-electron chi connectivity index (χ0n) is 15.1. The number of carbonyl (C=O) groups excluding carboxylic acids is 1. The van der Waals surface area contributed by atoms with Crippen molar-refractivity contribution in [2.75, 3.05) is 5.32 Å². The third kappa shape index (κ3) is 3.90. The molecule has 0 radical (unpaired) electrons. The van der Waals surface area contributed by atoms with Gasteiger partial charge < -0.3 is 10.1 Å². The number of aromatic nitrogens is 5. The molecule has 29 heavy (non-hydrogen) atoms. The van der Waals surface area contributed by atoms with Crippen molar-refractivity contribution in [1.82, 2.24) is 24.4 Å². The van der Waals surface area contributed by atoms with E-state index in [1.54, 1.807) is 37.8 Å². The normalized spacial score (nSPS) is 16.7. The highest BCUT2D eigenvalue weighted by Crippen LogP contribution is 2.40. The lowest BCUT2D eigenvalue weighted by atomic mass is 9.94. The summed E-state index contributed by atoms with van der Waals surface area (Å²) in [7, 11) is 1.68. The van der Waals surface area contributed by atoms with Gasteiger partial charge >= 0.3 is 6.61 Å². The average molecular weight is 465 g/mol. The molecule has 150 valence electrons. The lowest BCUT2D eigenvalue weighted by Gasteiger charge is -2.22. The molecule has 1 aliphatic rings. The number of aryl methyl sites for hydroxylation is 1. The van der Waals surface area contributed by atoms with Gasteiger partial charge in [-0.2, -0.15) is 19.0 Å². The molecule has 0 fully saturated rings. The first-order valence-electron chi connectivity index (χ1n) is 8.56. The van der Waals surface area contributed by atoms with E-state index in [1.165, 1.54) is 21.5 Å². The number of ether oxygens (including phenoxy) is 1. The van der Waals surface area contributed by atoms with Crippen molar-refractivity contribution in [3.8, 4) is 0 Å². The molecule has 1 amide bonds. The number of hydrogen-bond donors (Lipinski definition) is 1. The molecule has 1 aliphatic carbocycles. The number of allylic oxidation sites excluding steroid dienone is 4. The van der Waals surface area contributed by atoms with E-state index in [-0.39, 0.29) is 11.3 Å². The first-order valence-corrected chi connectivity index (χ1v) is 9.36. The molecule has 1 unspecified atom stereocenters. The van der Waals surface area contributed by atoms with Crippen LogP contribution in [0.2, 0.25) is 0 Å². The summed E-state index contributed by atoms with van der Waals surface area (Å²) in [6, 6.07) is 1.70. The van der Waals surface area contributed by atoms with Gasteiger partial charge in [-0.15, -0.1) is 0 Å². The van der Waals surface area contributed by atoms with Crippen LogP contribution in [0.1, 0.15) is 28.4 Å². The van der Waals surface area contributed by atoms with Gasteiger partial charge in [-0.1, -0.05) is 15.9 Å². The Bertz CT molecular complexity index is 1140. The molecule has 0 spiro atoms. The minimum absolute atomic E-state index is 0.0787. The van der Waals surface area contributed by atoms with E-state index in [4.69, 9.17) is 0 Å². The van der Waals surface area contributed by atoms with Crippen molar-refractivity contribution in [3.63, 3.8) is 0 Å². The molecule has 0 saturated carbocycles. The quantitative estimate of drug-likeness (QED) is 0.623. The van der Waals surface area contributed by atoms with Crippen LogP contribution in [-0.2, 0) is 11.8 Å². The summed E-state index contributed by atoms with van der Waals surface area (Å²) in [5, 5.41) is 11.3. The van der Waals surface area contributed by atoms with Gasteiger partial charge in [0.25, 0.3) is 5.91 Å². The van der Waals surface area contributed by atoms with Gasteiger partial charge in [0.2, 0.25) is 0 Å². The molecular formula is C18H15BrF2N6O2. The summed E-state index contributed by atoms with van der Waals surface area (Å²) in [6.07, 6.45) is 9.77. The maximum absolute atomic E-state index is 12.8. The number of rotatable bonds is 5. The molecule has 8 nitrogen and oxygen atoms in total. The number of amides is 1. The maximum atomic E-state index is 12.8. The Kier molecular flexibility index (Phi) is 5.14. The molecule has 1 N–H and O–H groups in total. The average Bonchev–Trinajstić information content (AvgIpc) is 3.26. The van der Waals surface area contributed by atoms with Crippen molar-refractivity contribution in [2.24, 2.45) is 7.05 Å². The second kappa shape index (κ2) is 7.74. The van der Waals surface area contributed by atoms with Crippen LogP contribution in [-0.4, -0.2) is 36.9 Å². The second-order valence-corrected chi connectivity index (χ2v) is 7.34. The van der Waals surface area contributed by atoms with Crippen LogP contribution >= 0.6 is 15.9 Å². The van der Waals surface area contributed by atoms with Crippen molar-refractivity contribution in [3.05, 3.63) is 64.5 Å². The number of halogens is 3. The van der Waals surface area contributed by atoms with Gasteiger partial charge in [-0.25, -0.2) is 9.50 Å². The molecule has 0 aromatic carbocycles. The number of hydrogen-bond acceptors (Lipinski definition) is 5. The highest BCUT2D eigenvalue weighted by Gasteiger charge is 2.30. The predicted octanol–water partition coefficient (Wildman–Crippen LogP) is 3.60. The molecule has 0 bridgehead atoms. The Morgan fingerprint density at radius 1 is 1.41 bits per heavy atom. The summed E-state index contributed by atoms with van der Waals surface area (Å²) in [5.41, 5.74) is 1.50. The highest BCUT2D eigenvalue weighted by atomic mass is 79.9. The second-order valence-electron chi connectivity index (χ2n) is 6.32. The van der Waals surface area contributed by atoms with Crippen LogP contribution in [0.15, 0.2) is 53.2 Å². The van der Waals surface area contributed by atoms with E-state index in [0.29, 0.717) is 23.4 Å². The van der Waals surface area contributed by atoms with Gasteiger partial charge in [0.1, 0.15) is 11.3 Å². The van der Waals surface area contributed by atoms with E-state index in [2.05, 4.69) is 41.2 Å². The third-order valence-electron chi connectivity index (χ3n) is 4.36. The van der Waals surface area contributed by atoms with Crippen LogP contribution in [0.25, 0.3) is 5.65 Å².